The van der Waals surface area contributed by atoms with Crippen molar-refractivity contribution in [1.29, 1.82) is 0 Å². The summed E-state index contributed by atoms with van der Waals surface area (Å²) in [6, 6.07) is 8.73. The van der Waals surface area contributed by atoms with Crippen LogP contribution in [-0.2, 0) is 6.54 Å². The molecule has 0 saturated heterocycles. The predicted molar refractivity (Wildman–Crippen MR) is 59.2 cm³/mol. The Morgan fingerprint density at radius 1 is 1.36 bits per heavy atom. The molecule has 2 N–H and O–H groups in total. The molecule has 0 spiro atoms. The second kappa shape index (κ2) is 5.78. The van der Waals surface area contributed by atoms with Crippen LogP contribution >= 0.6 is 0 Å². The molecule has 0 fully saturated rings. The molecule has 0 aliphatic heterocycles. The van der Waals surface area contributed by atoms with Gasteiger partial charge in [-0.2, -0.15) is 0 Å². The van der Waals surface area contributed by atoms with Crippen molar-refractivity contribution in [2.75, 3.05) is 6.61 Å². The maximum absolute atomic E-state index is 8.75. The van der Waals surface area contributed by atoms with E-state index < -0.39 is 0 Å². The van der Waals surface area contributed by atoms with Gasteiger partial charge in [0.15, 0.2) is 0 Å². The zero-order valence-corrected chi connectivity index (χ0v) is 8.96. The van der Waals surface area contributed by atoms with Crippen LogP contribution in [-0.4, -0.2) is 17.8 Å². The average molecular weight is 193 g/mol. The lowest BCUT2D eigenvalue weighted by atomic mass is 10.1. The van der Waals surface area contributed by atoms with Gasteiger partial charge in [-0.05, 0) is 31.4 Å². The van der Waals surface area contributed by atoms with E-state index >= 15 is 0 Å². The molecule has 0 unspecified atom stereocenters. The lowest BCUT2D eigenvalue weighted by molar-refractivity contribution is 0.268. The molecule has 0 aromatic heterocycles. The number of hydrogen-bond acceptors (Lipinski definition) is 2. The first kappa shape index (κ1) is 11.2. The van der Waals surface area contributed by atoms with Crippen LogP contribution in [0.5, 0.6) is 0 Å². The lowest BCUT2D eigenvalue weighted by Crippen LogP contribution is -2.26. The number of aryl methyl sites for hydroxylation is 1. The normalized spacial score (nSPS) is 12.8. The highest BCUT2D eigenvalue weighted by Gasteiger charge is 2.01. The van der Waals surface area contributed by atoms with Crippen LogP contribution in [0.1, 0.15) is 24.5 Å². The van der Waals surface area contributed by atoms with Crippen molar-refractivity contribution in [2.45, 2.75) is 32.9 Å². The molecule has 1 atom stereocenters. The maximum Gasteiger partial charge on any atom is 0.0445 e. The topological polar surface area (TPSA) is 32.3 Å². The Labute approximate surface area is 86.0 Å². The highest BCUT2D eigenvalue weighted by molar-refractivity contribution is 5.25. The molecule has 0 radical (unpaired) electrons. The van der Waals surface area contributed by atoms with Crippen LogP contribution in [0.2, 0.25) is 0 Å². The molecule has 0 amide bonds. The van der Waals surface area contributed by atoms with Gasteiger partial charge in [-0.25, -0.2) is 0 Å². The summed E-state index contributed by atoms with van der Waals surface area (Å²) in [7, 11) is 0. The molecule has 14 heavy (non-hydrogen) atoms. The molecule has 0 bridgehead atoms. The summed E-state index contributed by atoms with van der Waals surface area (Å²) < 4.78 is 0. The van der Waals surface area contributed by atoms with Crippen molar-refractivity contribution < 1.29 is 5.11 Å². The summed E-state index contributed by atoms with van der Waals surface area (Å²) in [6.45, 7) is 5.35. The van der Waals surface area contributed by atoms with Gasteiger partial charge in [0.25, 0.3) is 0 Å². The molecule has 1 rings (SSSR count). The van der Waals surface area contributed by atoms with Crippen molar-refractivity contribution in [3.8, 4) is 0 Å². The van der Waals surface area contributed by atoms with Crippen molar-refractivity contribution >= 4 is 0 Å². The quantitative estimate of drug-likeness (QED) is 0.748. The van der Waals surface area contributed by atoms with Gasteiger partial charge in [-0.3, -0.25) is 0 Å². The molecule has 1 aromatic rings. The first-order chi connectivity index (χ1) is 6.74. The molecular weight excluding hydrogens is 174 g/mol. The summed E-state index contributed by atoms with van der Waals surface area (Å²) in [6.07, 6.45) is 0.811. The highest BCUT2D eigenvalue weighted by Crippen LogP contribution is 2.06. The van der Waals surface area contributed by atoms with E-state index in [-0.39, 0.29) is 6.61 Å². The Morgan fingerprint density at radius 2 is 2.07 bits per heavy atom. The maximum atomic E-state index is 8.75. The Kier molecular flexibility index (Phi) is 4.63. The average Bonchev–Trinajstić information content (AvgIpc) is 2.17. The smallest absolute Gasteiger partial charge is 0.0445 e. The van der Waals surface area contributed by atoms with Gasteiger partial charge in [0, 0.05) is 19.2 Å². The SMILES string of the molecule is Cc1ccccc1CN[C@H](C)CCO. The van der Waals surface area contributed by atoms with Gasteiger partial charge < -0.3 is 10.4 Å². The standard InChI is InChI=1S/C12H19NO/c1-10-5-3-4-6-12(10)9-13-11(2)7-8-14/h3-6,11,13-14H,7-9H2,1-2H3/t11-/m1/s1. The van der Waals surface area contributed by atoms with Crippen molar-refractivity contribution in [2.24, 2.45) is 0 Å². The van der Waals surface area contributed by atoms with Gasteiger partial charge in [-0.1, -0.05) is 24.3 Å². The number of nitrogens with one attached hydrogen (secondary N) is 1. The van der Waals surface area contributed by atoms with Crippen LogP contribution in [0, 0.1) is 6.92 Å². The summed E-state index contributed by atoms with van der Waals surface area (Å²) in [5.41, 5.74) is 2.65. The first-order valence-electron chi connectivity index (χ1n) is 5.12. The molecule has 78 valence electrons. The number of hydrogen-bond donors (Lipinski definition) is 2. The summed E-state index contributed by atoms with van der Waals surface area (Å²) in [5, 5.41) is 12.1. The van der Waals surface area contributed by atoms with Crippen molar-refractivity contribution in [3.05, 3.63) is 35.4 Å². The fourth-order valence-electron chi connectivity index (χ4n) is 1.39. The zero-order valence-electron chi connectivity index (χ0n) is 8.96. The largest absolute Gasteiger partial charge is 0.396 e. The van der Waals surface area contributed by atoms with E-state index in [1.807, 2.05) is 0 Å². The van der Waals surface area contributed by atoms with Gasteiger partial charge >= 0.3 is 0 Å². The van der Waals surface area contributed by atoms with E-state index in [4.69, 9.17) is 5.11 Å². The monoisotopic (exact) mass is 193 g/mol. The summed E-state index contributed by atoms with van der Waals surface area (Å²) in [5.74, 6) is 0. The van der Waals surface area contributed by atoms with Crippen LogP contribution in [0.15, 0.2) is 24.3 Å². The highest BCUT2D eigenvalue weighted by atomic mass is 16.3. The van der Waals surface area contributed by atoms with Crippen LogP contribution in [0.3, 0.4) is 0 Å². The van der Waals surface area contributed by atoms with Crippen LogP contribution in [0.25, 0.3) is 0 Å². The minimum absolute atomic E-state index is 0.252. The molecule has 2 nitrogen and oxygen atoms in total. The van der Waals surface area contributed by atoms with E-state index in [1.165, 1.54) is 11.1 Å². The number of aliphatic hydroxyl groups excluding tert-OH is 1. The Hall–Kier alpha value is -0.860. The molecular formula is C12H19NO. The van der Waals surface area contributed by atoms with E-state index in [9.17, 15) is 0 Å². The van der Waals surface area contributed by atoms with Crippen molar-refractivity contribution in [1.82, 2.24) is 5.32 Å². The fraction of sp³-hybridized carbons (Fsp3) is 0.500. The number of rotatable bonds is 5. The van der Waals surface area contributed by atoms with E-state index in [0.29, 0.717) is 6.04 Å². The molecule has 1 aromatic carbocycles. The minimum atomic E-state index is 0.252. The lowest BCUT2D eigenvalue weighted by Gasteiger charge is -2.13. The minimum Gasteiger partial charge on any atom is -0.396 e. The van der Waals surface area contributed by atoms with Gasteiger partial charge in [0.1, 0.15) is 0 Å². The van der Waals surface area contributed by atoms with E-state index in [0.717, 1.165) is 13.0 Å². The third kappa shape index (κ3) is 3.48. The predicted octanol–water partition coefficient (Wildman–Crippen LogP) is 1.86. The second-order valence-corrected chi connectivity index (χ2v) is 3.72. The molecule has 0 aliphatic rings. The number of benzene rings is 1. The third-order valence-electron chi connectivity index (χ3n) is 2.46. The van der Waals surface area contributed by atoms with Crippen LogP contribution in [0.4, 0.5) is 0 Å². The molecule has 0 aliphatic carbocycles. The van der Waals surface area contributed by atoms with Crippen LogP contribution < -0.4 is 5.32 Å². The van der Waals surface area contributed by atoms with Crippen molar-refractivity contribution in [3.63, 3.8) is 0 Å². The van der Waals surface area contributed by atoms with Gasteiger partial charge in [0.2, 0.25) is 0 Å². The van der Waals surface area contributed by atoms with E-state index in [2.05, 4.69) is 43.4 Å². The van der Waals surface area contributed by atoms with Gasteiger partial charge in [-0.15, -0.1) is 0 Å². The Morgan fingerprint density at radius 3 is 2.71 bits per heavy atom. The molecule has 0 heterocycles. The molecule has 0 saturated carbocycles. The first-order valence-corrected chi connectivity index (χ1v) is 5.12. The summed E-state index contributed by atoms with van der Waals surface area (Å²) >= 11 is 0. The zero-order chi connectivity index (χ0) is 10.4. The molecule has 2 heteroatoms. The Balaban J connectivity index is 2.41. The van der Waals surface area contributed by atoms with Gasteiger partial charge in [0.05, 0.1) is 0 Å². The fourth-order valence-corrected chi connectivity index (χ4v) is 1.39. The summed E-state index contributed by atoms with van der Waals surface area (Å²) in [4.78, 5) is 0. The second-order valence-electron chi connectivity index (χ2n) is 3.72. The van der Waals surface area contributed by atoms with E-state index in [1.54, 1.807) is 0 Å². The Bertz CT molecular complexity index is 273. The number of aliphatic hydroxyl groups is 1. The third-order valence-corrected chi connectivity index (χ3v) is 2.46.